The Kier molecular flexibility index (Phi) is 3.18. The number of carbonyl (C=O) groups excluding carboxylic acids is 1. The SMILES string of the molecule is CC1(C)NCCN(Cc2cccc3cccnc23)C1=O. The van der Waals surface area contributed by atoms with Crippen LogP contribution in [-0.2, 0) is 11.3 Å². The van der Waals surface area contributed by atoms with Crippen LogP contribution in [0.2, 0.25) is 0 Å². The summed E-state index contributed by atoms with van der Waals surface area (Å²) in [6.45, 7) is 6.06. The molecule has 0 atom stereocenters. The maximum Gasteiger partial charge on any atom is 0.242 e. The van der Waals surface area contributed by atoms with Crippen molar-refractivity contribution in [2.75, 3.05) is 13.1 Å². The van der Waals surface area contributed by atoms with Crippen LogP contribution in [0.15, 0.2) is 36.5 Å². The third-order valence-electron chi connectivity index (χ3n) is 3.85. The van der Waals surface area contributed by atoms with Gasteiger partial charge < -0.3 is 10.2 Å². The number of benzene rings is 1. The van der Waals surface area contributed by atoms with Gasteiger partial charge in [0.15, 0.2) is 0 Å². The van der Waals surface area contributed by atoms with Gasteiger partial charge in [0.05, 0.1) is 11.1 Å². The molecule has 1 aliphatic rings. The molecule has 104 valence electrons. The van der Waals surface area contributed by atoms with Gasteiger partial charge in [-0.25, -0.2) is 0 Å². The van der Waals surface area contributed by atoms with Gasteiger partial charge in [-0.2, -0.15) is 0 Å². The van der Waals surface area contributed by atoms with Gasteiger partial charge in [-0.3, -0.25) is 9.78 Å². The second kappa shape index (κ2) is 4.87. The zero-order chi connectivity index (χ0) is 14.2. The van der Waals surface area contributed by atoms with Gasteiger partial charge in [-0.15, -0.1) is 0 Å². The summed E-state index contributed by atoms with van der Waals surface area (Å²) in [7, 11) is 0. The van der Waals surface area contributed by atoms with Crippen molar-refractivity contribution in [1.82, 2.24) is 15.2 Å². The molecule has 1 aromatic carbocycles. The number of aromatic nitrogens is 1. The van der Waals surface area contributed by atoms with Gasteiger partial charge in [0.1, 0.15) is 0 Å². The van der Waals surface area contributed by atoms with Crippen LogP contribution in [0.4, 0.5) is 0 Å². The highest BCUT2D eigenvalue weighted by Crippen LogP contribution is 2.20. The number of hydrogen-bond donors (Lipinski definition) is 1. The fourth-order valence-corrected chi connectivity index (χ4v) is 2.73. The van der Waals surface area contributed by atoms with Crippen molar-refractivity contribution in [3.8, 4) is 0 Å². The number of nitrogens with one attached hydrogen (secondary N) is 1. The number of para-hydroxylation sites is 1. The zero-order valence-corrected chi connectivity index (χ0v) is 11.9. The standard InChI is InChI=1S/C16H19N3O/c1-16(2)15(20)19(10-9-18-16)11-13-6-3-5-12-7-4-8-17-14(12)13/h3-8,18H,9-11H2,1-2H3. The van der Waals surface area contributed by atoms with E-state index < -0.39 is 5.54 Å². The molecule has 0 saturated carbocycles. The summed E-state index contributed by atoms with van der Waals surface area (Å²) >= 11 is 0. The number of carbonyl (C=O) groups is 1. The maximum absolute atomic E-state index is 12.4. The molecule has 0 radical (unpaired) electrons. The largest absolute Gasteiger partial charge is 0.335 e. The number of hydrogen-bond acceptors (Lipinski definition) is 3. The quantitative estimate of drug-likeness (QED) is 0.906. The summed E-state index contributed by atoms with van der Waals surface area (Å²) in [6.07, 6.45) is 1.80. The summed E-state index contributed by atoms with van der Waals surface area (Å²) in [4.78, 5) is 18.8. The number of amides is 1. The lowest BCUT2D eigenvalue weighted by atomic mass is 10.00. The average molecular weight is 269 g/mol. The summed E-state index contributed by atoms with van der Waals surface area (Å²) < 4.78 is 0. The predicted molar refractivity (Wildman–Crippen MR) is 79.2 cm³/mol. The number of fused-ring (bicyclic) bond motifs is 1. The zero-order valence-electron chi connectivity index (χ0n) is 11.9. The van der Waals surface area contributed by atoms with E-state index in [0.29, 0.717) is 6.54 Å². The third-order valence-corrected chi connectivity index (χ3v) is 3.85. The first-order valence-corrected chi connectivity index (χ1v) is 6.95. The minimum atomic E-state index is -0.476. The molecule has 20 heavy (non-hydrogen) atoms. The molecule has 4 heteroatoms. The fourth-order valence-electron chi connectivity index (χ4n) is 2.73. The molecule has 2 aromatic rings. The highest BCUT2D eigenvalue weighted by Gasteiger charge is 2.35. The first-order chi connectivity index (χ1) is 9.58. The van der Waals surface area contributed by atoms with E-state index in [4.69, 9.17) is 0 Å². The van der Waals surface area contributed by atoms with Gasteiger partial charge in [0.25, 0.3) is 0 Å². The van der Waals surface area contributed by atoms with Crippen LogP contribution in [0.3, 0.4) is 0 Å². The molecule has 4 nitrogen and oxygen atoms in total. The molecule has 0 aliphatic carbocycles. The van der Waals surface area contributed by atoms with Crippen LogP contribution in [-0.4, -0.2) is 34.4 Å². The van der Waals surface area contributed by atoms with Crippen LogP contribution in [0, 0.1) is 0 Å². The Morgan fingerprint density at radius 3 is 2.95 bits per heavy atom. The summed E-state index contributed by atoms with van der Waals surface area (Å²) in [5.74, 6) is 0.150. The number of piperazine rings is 1. The molecule has 3 rings (SSSR count). The van der Waals surface area contributed by atoms with Crippen LogP contribution >= 0.6 is 0 Å². The van der Waals surface area contributed by atoms with E-state index in [-0.39, 0.29) is 5.91 Å². The second-order valence-corrected chi connectivity index (χ2v) is 5.77. The molecule has 0 unspecified atom stereocenters. The Morgan fingerprint density at radius 1 is 1.30 bits per heavy atom. The van der Waals surface area contributed by atoms with E-state index in [0.717, 1.165) is 29.6 Å². The van der Waals surface area contributed by atoms with Crippen molar-refractivity contribution in [3.05, 3.63) is 42.1 Å². The van der Waals surface area contributed by atoms with Gasteiger partial charge in [0, 0.05) is 31.2 Å². The van der Waals surface area contributed by atoms with Crippen molar-refractivity contribution in [2.24, 2.45) is 0 Å². The Balaban J connectivity index is 1.92. The maximum atomic E-state index is 12.4. The van der Waals surface area contributed by atoms with Crippen LogP contribution in [0.5, 0.6) is 0 Å². The van der Waals surface area contributed by atoms with E-state index in [2.05, 4.69) is 28.5 Å². The minimum absolute atomic E-state index is 0.150. The molecule has 1 fully saturated rings. The highest BCUT2D eigenvalue weighted by molar-refractivity contribution is 5.87. The minimum Gasteiger partial charge on any atom is -0.335 e. The van der Waals surface area contributed by atoms with Gasteiger partial charge in [-0.1, -0.05) is 24.3 Å². The van der Waals surface area contributed by atoms with Crippen molar-refractivity contribution in [1.29, 1.82) is 0 Å². The normalized spacial score (nSPS) is 18.5. The number of pyridine rings is 1. The van der Waals surface area contributed by atoms with Gasteiger partial charge in [0.2, 0.25) is 5.91 Å². The van der Waals surface area contributed by atoms with Gasteiger partial charge in [-0.05, 0) is 25.5 Å². The molecule has 1 aliphatic heterocycles. The number of rotatable bonds is 2. The van der Waals surface area contributed by atoms with E-state index in [1.165, 1.54) is 0 Å². The van der Waals surface area contributed by atoms with Crippen LogP contribution in [0.1, 0.15) is 19.4 Å². The Morgan fingerprint density at radius 2 is 2.10 bits per heavy atom. The first-order valence-electron chi connectivity index (χ1n) is 6.95. The monoisotopic (exact) mass is 269 g/mol. The first kappa shape index (κ1) is 13.1. The smallest absolute Gasteiger partial charge is 0.242 e. The lowest BCUT2D eigenvalue weighted by Crippen LogP contribution is -2.60. The van der Waals surface area contributed by atoms with Crippen molar-refractivity contribution < 1.29 is 4.79 Å². The van der Waals surface area contributed by atoms with Crippen molar-refractivity contribution >= 4 is 16.8 Å². The van der Waals surface area contributed by atoms with Crippen molar-refractivity contribution in [3.63, 3.8) is 0 Å². The van der Waals surface area contributed by atoms with E-state index >= 15 is 0 Å². The predicted octanol–water partition coefficient (Wildman–Crippen LogP) is 1.95. The topological polar surface area (TPSA) is 45.2 Å². The Labute approximate surface area is 118 Å². The molecule has 1 N–H and O–H groups in total. The second-order valence-electron chi connectivity index (χ2n) is 5.77. The van der Waals surface area contributed by atoms with Crippen molar-refractivity contribution in [2.45, 2.75) is 25.9 Å². The average Bonchev–Trinajstić information content (AvgIpc) is 2.44. The summed E-state index contributed by atoms with van der Waals surface area (Å²) in [5.41, 5.74) is 1.62. The summed E-state index contributed by atoms with van der Waals surface area (Å²) in [6, 6.07) is 10.1. The molecule has 0 bridgehead atoms. The Hall–Kier alpha value is -1.94. The van der Waals surface area contributed by atoms with E-state index in [1.807, 2.05) is 30.9 Å². The lowest BCUT2D eigenvalue weighted by molar-refractivity contribution is -0.140. The van der Waals surface area contributed by atoms with E-state index in [1.54, 1.807) is 6.20 Å². The molecule has 1 aromatic heterocycles. The fraction of sp³-hybridized carbons (Fsp3) is 0.375. The van der Waals surface area contributed by atoms with Crippen LogP contribution < -0.4 is 5.32 Å². The molecule has 1 amide bonds. The molecule has 2 heterocycles. The molecule has 0 spiro atoms. The molecular weight excluding hydrogens is 250 g/mol. The highest BCUT2D eigenvalue weighted by atomic mass is 16.2. The van der Waals surface area contributed by atoms with E-state index in [9.17, 15) is 4.79 Å². The number of nitrogens with zero attached hydrogens (tertiary/aromatic N) is 2. The Bertz CT molecular complexity index is 646. The molecule has 1 saturated heterocycles. The van der Waals surface area contributed by atoms with Gasteiger partial charge >= 0.3 is 0 Å². The molecular formula is C16H19N3O. The summed E-state index contributed by atoms with van der Waals surface area (Å²) in [5, 5.41) is 4.37. The third kappa shape index (κ3) is 2.27. The van der Waals surface area contributed by atoms with Crippen LogP contribution in [0.25, 0.3) is 10.9 Å². The lowest BCUT2D eigenvalue weighted by Gasteiger charge is -2.38.